The summed E-state index contributed by atoms with van der Waals surface area (Å²) in [7, 11) is 0. The van der Waals surface area contributed by atoms with Gasteiger partial charge in [0.25, 0.3) is 0 Å². The van der Waals surface area contributed by atoms with Crippen LogP contribution in [0.2, 0.25) is 5.02 Å². The topological polar surface area (TPSA) is 71.9 Å². The Morgan fingerprint density at radius 2 is 1.58 bits per heavy atom. The van der Waals surface area contributed by atoms with Crippen molar-refractivity contribution in [2.75, 3.05) is 0 Å². The number of nitrogens with zero attached hydrogens (tertiary/aromatic N) is 2. The number of carbonyl (C=O) groups is 1. The van der Waals surface area contributed by atoms with Crippen LogP contribution < -0.4 is 5.32 Å². The fourth-order valence-electron chi connectivity index (χ4n) is 3.30. The summed E-state index contributed by atoms with van der Waals surface area (Å²) in [5, 5.41) is 10.6. The van der Waals surface area contributed by atoms with E-state index in [1.54, 1.807) is 16.7 Å². The van der Waals surface area contributed by atoms with Crippen molar-refractivity contribution in [1.29, 1.82) is 0 Å². The van der Waals surface area contributed by atoms with Crippen molar-refractivity contribution < 1.29 is 9.53 Å². The molecule has 168 valence electrons. The summed E-state index contributed by atoms with van der Waals surface area (Å²) in [5.74, 6) is 0.435. The lowest BCUT2D eigenvalue weighted by atomic mass is 10.1. The number of aromatic amines is 1. The lowest BCUT2D eigenvalue weighted by Gasteiger charge is -2.09. The molecule has 0 fully saturated rings. The van der Waals surface area contributed by atoms with Gasteiger partial charge < -0.3 is 10.1 Å². The molecule has 0 atom stereocenters. The third-order valence-electron chi connectivity index (χ3n) is 5.06. The van der Waals surface area contributed by atoms with Crippen LogP contribution in [-0.2, 0) is 35.8 Å². The zero-order chi connectivity index (χ0) is 23.0. The van der Waals surface area contributed by atoms with Crippen LogP contribution in [0.25, 0.3) is 11.4 Å². The largest absolute Gasteiger partial charge is 0.372 e. The zero-order valence-electron chi connectivity index (χ0n) is 17.8. The van der Waals surface area contributed by atoms with Crippen molar-refractivity contribution in [2.24, 2.45) is 0 Å². The predicted molar refractivity (Wildman–Crippen MR) is 131 cm³/mol. The summed E-state index contributed by atoms with van der Waals surface area (Å²) in [6, 6.07) is 25.3. The first-order valence-corrected chi connectivity index (χ1v) is 11.2. The van der Waals surface area contributed by atoms with Gasteiger partial charge in [-0.15, -0.1) is 0 Å². The molecule has 0 aliphatic heterocycles. The Bertz CT molecular complexity index is 1250. The molecule has 6 nitrogen and oxygen atoms in total. The van der Waals surface area contributed by atoms with Gasteiger partial charge in [0.1, 0.15) is 6.54 Å². The van der Waals surface area contributed by atoms with E-state index in [0.29, 0.717) is 35.4 Å². The average Bonchev–Trinajstić information content (AvgIpc) is 3.19. The number of aromatic nitrogens is 3. The van der Waals surface area contributed by atoms with Crippen LogP contribution in [0.3, 0.4) is 0 Å². The second kappa shape index (κ2) is 11.0. The van der Waals surface area contributed by atoms with Gasteiger partial charge >= 0.3 is 0 Å². The maximum atomic E-state index is 12.6. The highest BCUT2D eigenvalue weighted by atomic mass is 35.5. The van der Waals surface area contributed by atoms with Gasteiger partial charge in [0.05, 0.1) is 13.2 Å². The van der Waals surface area contributed by atoms with E-state index in [-0.39, 0.29) is 12.5 Å². The molecule has 1 heterocycles. The molecule has 0 unspecified atom stereocenters. The number of hydrogen-bond donors (Lipinski definition) is 2. The molecule has 0 bridgehead atoms. The van der Waals surface area contributed by atoms with Crippen molar-refractivity contribution in [3.63, 3.8) is 0 Å². The molecule has 2 N–H and O–H groups in total. The Morgan fingerprint density at radius 1 is 0.939 bits per heavy atom. The zero-order valence-corrected chi connectivity index (χ0v) is 19.4. The van der Waals surface area contributed by atoms with Crippen molar-refractivity contribution in [1.82, 2.24) is 20.1 Å². The number of rotatable bonds is 9. The van der Waals surface area contributed by atoms with Crippen LogP contribution in [0.5, 0.6) is 0 Å². The van der Waals surface area contributed by atoms with E-state index >= 15 is 0 Å². The van der Waals surface area contributed by atoms with Crippen LogP contribution in [0.4, 0.5) is 0 Å². The molecule has 0 saturated heterocycles. The van der Waals surface area contributed by atoms with Gasteiger partial charge in [-0.05, 0) is 53.2 Å². The molecule has 8 heteroatoms. The van der Waals surface area contributed by atoms with Gasteiger partial charge in [-0.2, -0.15) is 5.10 Å². The number of hydrogen-bond acceptors (Lipinski definition) is 4. The minimum Gasteiger partial charge on any atom is -0.372 e. The molecular formula is C25H23ClN4O2S. The first kappa shape index (κ1) is 22.9. The number of amides is 1. The fraction of sp³-hybridized carbons (Fsp3) is 0.160. The Labute approximate surface area is 202 Å². The van der Waals surface area contributed by atoms with Gasteiger partial charge in [0.2, 0.25) is 5.91 Å². The second-order valence-corrected chi connectivity index (χ2v) is 8.34. The minimum atomic E-state index is -0.155. The third-order valence-corrected chi connectivity index (χ3v) is 5.62. The highest BCUT2D eigenvalue weighted by molar-refractivity contribution is 7.71. The van der Waals surface area contributed by atoms with E-state index in [4.69, 9.17) is 28.6 Å². The van der Waals surface area contributed by atoms with Crippen LogP contribution in [0.1, 0.15) is 16.7 Å². The Balaban J connectivity index is 1.28. The molecule has 4 rings (SSSR count). The summed E-state index contributed by atoms with van der Waals surface area (Å²) < 4.78 is 7.82. The van der Waals surface area contributed by atoms with E-state index in [1.165, 1.54) is 0 Å². The fourth-order valence-corrected chi connectivity index (χ4v) is 3.62. The first-order valence-electron chi connectivity index (χ1n) is 10.5. The summed E-state index contributed by atoms with van der Waals surface area (Å²) in [6.07, 6.45) is 0. The van der Waals surface area contributed by atoms with E-state index < -0.39 is 0 Å². The number of nitrogens with one attached hydrogen (secondary N) is 2. The van der Waals surface area contributed by atoms with Crippen molar-refractivity contribution >= 4 is 29.7 Å². The van der Waals surface area contributed by atoms with Crippen molar-refractivity contribution in [2.45, 2.75) is 26.3 Å². The van der Waals surface area contributed by atoms with Gasteiger partial charge in [-0.25, -0.2) is 0 Å². The van der Waals surface area contributed by atoms with Crippen molar-refractivity contribution in [3.8, 4) is 11.4 Å². The van der Waals surface area contributed by atoms with Gasteiger partial charge in [-0.1, -0.05) is 66.2 Å². The van der Waals surface area contributed by atoms with Crippen LogP contribution >= 0.6 is 23.8 Å². The molecule has 0 aliphatic rings. The number of ether oxygens (including phenoxy) is 1. The smallest absolute Gasteiger partial charge is 0.240 e. The normalized spacial score (nSPS) is 10.8. The number of halogens is 1. The summed E-state index contributed by atoms with van der Waals surface area (Å²) >= 11 is 11.3. The molecule has 0 radical (unpaired) electrons. The predicted octanol–water partition coefficient (Wildman–Crippen LogP) is 5.29. The number of H-pyrrole nitrogens is 1. The van der Waals surface area contributed by atoms with Crippen LogP contribution in [0.15, 0.2) is 78.9 Å². The molecular weight excluding hydrogens is 456 g/mol. The molecule has 0 saturated carbocycles. The summed E-state index contributed by atoms with van der Waals surface area (Å²) in [4.78, 5) is 12.6. The summed E-state index contributed by atoms with van der Waals surface area (Å²) in [5.41, 5.74) is 4.06. The molecule has 4 aromatic rings. The van der Waals surface area contributed by atoms with E-state index in [1.807, 2.05) is 66.7 Å². The molecule has 0 spiro atoms. The van der Waals surface area contributed by atoms with Crippen LogP contribution in [0, 0.1) is 4.77 Å². The molecule has 0 aliphatic carbocycles. The Hall–Kier alpha value is -3.26. The third kappa shape index (κ3) is 6.38. The minimum absolute atomic E-state index is 0.0682. The van der Waals surface area contributed by atoms with Crippen LogP contribution in [-0.4, -0.2) is 20.7 Å². The summed E-state index contributed by atoms with van der Waals surface area (Å²) in [6.45, 7) is 1.60. The highest BCUT2D eigenvalue weighted by Gasteiger charge is 2.12. The lowest BCUT2D eigenvalue weighted by Crippen LogP contribution is -2.27. The molecule has 1 amide bonds. The maximum Gasteiger partial charge on any atom is 0.240 e. The van der Waals surface area contributed by atoms with Gasteiger partial charge in [0.15, 0.2) is 10.6 Å². The van der Waals surface area contributed by atoms with Gasteiger partial charge in [-0.3, -0.25) is 14.5 Å². The van der Waals surface area contributed by atoms with E-state index in [9.17, 15) is 4.79 Å². The quantitative estimate of drug-likeness (QED) is 0.320. The lowest BCUT2D eigenvalue weighted by molar-refractivity contribution is -0.121. The second-order valence-electron chi connectivity index (χ2n) is 7.52. The SMILES string of the molecule is O=C(Cn1c(-c2ccc(Cl)cc2)n[nH]c1=S)NCc1ccc(COCc2ccccc2)cc1. The monoisotopic (exact) mass is 478 g/mol. The molecule has 3 aromatic carbocycles. The highest BCUT2D eigenvalue weighted by Crippen LogP contribution is 2.20. The van der Waals surface area contributed by atoms with E-state index in [2.05, 4.69) is 15.5 Å². The number of carbonyl (C=O) groups excluding carboxylic acids is 1. The maximum absolute atomic E-state index is 12.6. The standard InChI is InChI=1S/C25H23ClN4O2S/c26-22-12-10-21(11-13-22)24-28-29-25(33)30(24)15-23(31)27-14-18-6-8-20(9-7-18)17-32-16-19-4-2-1-3-5-19/h1-13H,14-17H2,(H,27,31)(H,29,33). The number of benzene rings is 3. The van der Waals surface area contributed by atoms with Gasteiger partial charge in [0, 0.05) is 17.1 Å². The average molecular weight is 479 g/mol. The molecule has 33 heavy (non-hydrogen) atoms. The Morgan fingerprint density at radius 3 is 2.27 bits per heavy atom. The Kier molecular flexibility index (Phi) is 7.67. The first-order chi connectivity index (χ1) is 16.1. The van der Waals surface area contributed by atoms with E-state index in [0.717, 1.165) is 22.3 Å². The van der Waals surface area contributed by atoms with Crippen molar-refractivity contribution in [3.05, 3.63) is 105 Å². The molecule has 1 aromatic heterocycles.